The van der Waals surface area contributed by atoms with Gasteiger partial charge in [-0.25, -0.2) is 4.98 Å². The van der Waals surface area contributed by atoms with Crippen LogP contribution < -0.4 is 5.32 Å². The number of carbonyl (C=O) groups is 1. The molecule has 0 aliphatic rings. The minimum atomic E-state index is -0.246. The average Bonchev–Trinajstić information content (AvgIpc) is 3.24. The van der Waals surface area contributed by atoms with Gasteiger partial charge in [-0.3, -0.25) is 9.89 Å². The summed E-state index contributed by atoms with van der Waals surface area (Å²) in [6, 6.07) is 13.2. The molecule has 0 saturated carbocycles. The van der Waals surface area contributed by atoms with Crippen molar-refractivity contribution in [3.05, 3.63) is 65.7 Å². The van der Waals surface area contributed by atoms with Crippen molar-refractivity contribution in [1.29, 1.82) is 0 Å². The summed E-state index contributed by atoms with van der Waals surface area (Å²) in [7, 11) is 0. The lowest BCUT2D eigenvalue weighted by molar-refractivity contribution is 0.0949. The van der Waals surface area contributed by atoms with Crippen molar-refractivity contribution in [2.45, 2.75) is 13.5 Å². The fourth-order valence-corrected chi connectivity index (χ4v) is 2.73. The summed E-state index contributed by atoms with van der Waals surface area (Å²) in [6.07, 6.45) is 1.68. The van der Waals surface area contributed by atoms with Crippen LogP contribution in [0.5, 0.6) is 0 Å². The van der Waals surface area contributed by atoms with Crippen molar-refractivity contribution >= 4 is 16.9 Å². The van der Waals surface area contributed by atoms with E-state index < -0.39 is 0 Å². The number of hydrogen-bond acceptors (Lipinski definition) is 5. The topological polar surface area (TPSA) is 96.7 Å². The third kappa shape index (κ3) is 2.76. The number of aromatic nitrogens is 4. The number of hydrogen-bond donors (Lipinski definition) is 2. The number of pyridine rings is 1. The Bertz CT molecular complexity index is 1040. The maximum atomic E-state index is 12.7. The maximum Gasteiger partial charge on any atom is 0.257 e. The van der Waals surface area contributed by atoms with Gasteiger partial charge < -0.3 is 9.84 Å². The lowest BCUT2D eigenvalue weighted by Gasteiger charge is -2.05. The van der Waals surface area contributed by atoms with Gasteiger partial charge in [0.2, 0.25) is 0 Å². The molecule has 124 valence electrons. The van der Waals surface area contributed by atoms with Crippen molar-refractivity contribution in [3.63, 3.8) is 0 Å². The summed E-state index contributed by atoms with van der Waals surface area (Å²) < 4.78 is 5.24. The van der Waals surface area contributed by atoms with Crippen molar-refractivity contribution in [2.75, 3.05) is 0 Å². The molecule has 25 heavy (non-hydrogen) atoms. The number of nitrogens with zero attached hydrogens (tertiary/aromatic N) is 3. The zero-order chi connectivity index (χ0) is 17.2. The average molecular weight is 333 g/mol. The smallest absolute Gasteiger partial charge is 0.257 e. The molecule has 1 amide bonds. The molecule has 0 atom stereocenters. The van der Waals surface area contributed by atoms with Crippen LogP contribution in [0, 0.1) is 6.92 Å². The standard InChI is InChI=1S/C18H15N5O2/c1-11-15(16(23-25-11)12-6-3-2-4-7-12)18(24)20-10-14-13-8-5-9-19-17(13)22-21-14/h2-9H,10H2,1H3,(H,20,24)(H,19,21,22). The summed E-state index contributed by atoms with van der Waals surface area (Å²) >= 11 is 0. The highest BCUT2D eigenvalue weighted by Crippen LogP contribution is 2.25. The minimum absolute atomic E-state index is 0.246. The lowest BCUT2D eigenvalue weighted by atomic mass is 10.1. The lowest BCUT2D eigenvalue weighted by Crippen LogP contribution is -2.24. The first-order valence-electron chi connectivity index (χ1n) is 7.82. The van der Waals surface area contributed by atoms with E-state index in [1.165, 1.54) is 0 Å². The van der Waals surface area contributed by atoms with Crippen molar-refractivity contribution < 1.29 is 9.32 Å². The Morgan fingerprint density at radius 2 is 2.04 bits per heavy atom. The number of amides is 1. The molecule has 0 unspecified atom stereocenters. The number of nitrogens with one attached hydrogen (secondary N) is 2. The number of rotatable bonds is 4. The van der Waals surface area contributed by atoms with Gasteiger partial charge in [0, 0.05) is 17.1 Å². The van der Waals surface area contributed by atoms with E-state index >= 15 is 0 Å². The molecule has 0 spiro atoms. The second-order valence-corrected chi connectivity index (χ2v) is 5.59. The Morgan fingerprint density at radius 1 is 1.20 bits per heavy atom. The maximum absolute atomic E-state index is 12.7. The first-order chi connectivity index (χ1) is 12.2. The molecule has 7 nitrogen and oxygen atoms in total. The highest BCUT2D eigenvalue weighted by Gasteiger charge is 2.21. The number of aromatic amines is 1. The first kappa shape index (κ1) is 15.1. The highest BCUT2D eigenvalue weighted by molar-refractivity contribution is 6.00. The summed E-state index contributed by atoms with van der Waals surface area (Å²) in [5, 5.41) is 14.8. The van der Waals surface area contributed by atoms with Crippen molar-refractivity contribution in [1.82, 2.24) is 25.7 Å². The Labute approximate surface area is 143 Å². The predicted octanol–water partition coefficient (Wildman–Crippen LogP) is 2.85. The molecule has 3 heterocycles. The molecular formula is C18H15N5O2. The highest BCUT2D eigenvalue weighted by atomic mass is 16.5. The molecule has 0 saturated heterocycles. The Balaban J connectivity index is 1.59. The monoisotopic (exact) mass is 333 g/mol. The second-order valence-electron chi connectivity index (χ2n) is 5.59. The van der Waals surface area contributed by atoms with Crippen LogP contribution in [-0.2, 0) is 6.54 Å². The summed E-state index contributed by atoms with van der Waals surface area (Å²) in [5.41, 5.74) is 3.23. The largest absolute Gasteiger partial charge is 0.360 e. The van der Waals surface area contributed by atoms with E-state index in [0.29, 0.717) is 29.2 Å². The summed E-state index contributed by atoms with van der Waals surface area (Å²) in [5.74, 6) is 0.233. The quantitative estimate of drug-likeness (QED) is 0.598. The van der Waals surface area contributed by atoms with Gasteiger partial charge in [-0.05, 0) is 19.1 Å². The molecule has 0 aliphatic heterocycles. The molecule has 1 aromatic carbocycles. The second kappa shape index (κ2) is 6.20. The fourth-order valence-electron chi connectivity index (χ4n) is 2.73. The van der Waals surface area contributed by atoms with Crippen LogP contribution in [-0.4, -0.2) is 26.2 Å². The van der Waals surface area contributed by atoms with Crippen LogP contribution in [0.2, 0.25) is 0 Å². The van der Waals surface area contributed by atoms with Crippen LogP contribution in [0.15, 0.2) is 53.2 Å². The minimum Gasteiger partial charge on any atom is -0.360 e. The SMILES string of the molecule is Cc1onc(-c2ccccc2)c1C(=O)NCc1[nH]nc2ncccc12. The van der Waals surface area contributed by atoms with Crippen LogP contribution >= 0.6 is 0 Å². The predicted molar refractivity (Wildman–Crippen MR) is 91.7 cm³/mol. The zero-order valence-electron chi connectivity index (χ0n) is 13.5. The van der Waals surface area contributed by atoms with Crippen molar-refractivity contribution in [3.8, 4) is 11.3 Å². The van der Waals surface area contributed by atoms with E-state index in [0.717, 1.165) is 16.6 Å². The van der Waals surface area contributed by atoms with Crippen molar-refractivity contribution in [2.24, 2.45) is 0 Å². The first-order valence-corrected chi connectivity index (χ1v) is 7.82. The normalized spacial score (nSPS) is 10.9. The molecular weight excluding hydrogens is 318 g/mol. The number of H-pyrrole nitrogens is 1. The number of benzene rings is 1. The third-order valence-corrected chi connectivity index (χ3v) is 3.97. The Kier molecular flexibility index (Phi) is 3.74. The molecule has 0 radical (unpaired) electrons. The van der Waals surface area contributed by atoms with Gasteiger partial charge in [0.05, 0.1) is 12.2 Å². The molecule has 0 aliphatic carbocycles. The van der Waals surface area contributed by atoms with Gasteiger partial charge in [0.15, 0.2) is 5.65 Å². The molecule has 0 bridgehead atoms. The van der Waals surface area contributed by atoms with Gasteiger partial charge in [-0.15, -0.1) is 0 Å². The van der Waals surface area contributed by atoms with E-state index in [1.807, 2.05) is 42.5 Å². The van der Waals surface area contributed by atoms with E-state index in [1.54, 1.807) is 13.1 Å². The molecule has 3 aromatic heterocycles. The van der Waals surface area contributed by atoms with E-state index in [9.17, 15) is 4.79 Å². The van der Waals surface area contributed by atoms with Gasteiger partial charge in [-0.1, -0.05) is 35.5 Å². The molecule has 4 rings (SSSR count). The summed E-state index contributed by atoms with van der Waals surface area (Å²) in [4.78, 5) is 16.9. The Morgan fingerprint density at radius 3 is 2.88 bits per heavy atom. The molecule has 0 fully saturated rings. The van der Waals surface area contributed by atoms with Crippen LogP contribution in [0.25, 0.3) is 22.3 Å². The van der Waals surface area contributed by atoms with E-state index in [2.05, 4.69) is 25.7 Å². The van der Waals surface area contributed by atoms with Crippen LogP contribution in [0.1, 0.15) is 21.8 Å². The molecule has 2 N–H and O–H groups in total. The zero-order valence-corrected chi connectivity index (χ0v) is 13.5. The third-order valence-electron chi connectivity index (χ3n) is 3.97. The van der Waals surface area contributed by atoms with E-state index in [4.69, 9.17) is 4.52 Å². The van der Waals surface area contributed by atoms with Crippen LogP contribution in [0.3, 0.4) is 0 Å². The van der Waals surface area contributed by atoms with E-state index in [-0.39, 0.29) is 5.91 Å². The van der Waals surface area contributed by atoms with Crippen LogP contribution in [0.4, 0.5) is 0 Å². The number of carbonyl (C=O) groups excluding carboxylic acids is 1. The van der Waals surface area contributed by atoms with Gasteiger partial charge in [0.25, 0.3) is 5.91 Å². The molecule has 4 aromatic rings. The Hall–Kier alpha value is -3.48. The van der Waals surface area contributed by atoms with Gasteiger partial charge in [-0.2, -0.15) is 5.10 Å². The number of fused-ring (bicyclic) bond motifs is 1. The summed E-state index contributed by atoms with van der Waals surface area (Å²) in [6.45, 7) is 2.03. The van der Waals surface area contributed by atoms with Gasteiger partial charge in [0.1, 0.15) is 17.0 Å². The fraction of sp³-hybridized carbons (Fsp3) is 0.111. The number of aryl methyl sites for hydroxylation is 1. The van der Waals surface area contributed by atoms with Gasteiger partial charge >= 0.3 is 0 Å². The molecule has 7 heteroatoms.